The fraction of sp³-hybridized carbons (Fsp3) is 0.565. The highest BCUT2D eigenvalue weighted by Gasteiger charge is 2.11. The monoisotopic (exact) mass is 443 g/mol. The summed E-state index contributed by atoms with van der Waals surface area (Å²) in [6.45, 7) is 7.81. The zero-order chi connectivity index (χ0) is 22.6. The van der Waals surface area contributed by atoms with E-state index >= 15 is 0 Å². The fourth-order valence-electron chi connectivity index (χ4n) is 3.37. The van der Waals surface area contributed by atoms with Crippen molar-refractivity contribution in [3.05, 3.63) is 40.3 Å². The summed E-state index contributed by atoms with van der Waals surface area (Å²) in [6.07, 6.45) is 3.44. The highest BCUT2D eigenvalue weighted by atomic mass is 16.5. The van der Waals surface area contributed by atoms with Gasteiger partial charge < -0.3 is 19.8 Å². The number of rotatable bonds is 12. The largest absolute Gasteiger partial charge is 0.494 e. The molecule has 0 saturated carbocycles. The Morgan fingerprint density at radius 2 is 1.97 bits per heavy atom. The van der Waals surface area contributed by atoms with Gasteiger partial charge in [-0.2, -0.15) is 0 Å². The van der Waals surface area contributed by atoms with Crippen molar-refractivity contribution >= 4 is 5.91 Å². The quantitative estimate of drug-likeness (QED) is 0.481. The lowest BCUT2D eigenvalue weighted by Crippen LogP contribution is -2.38. The third-order valence-corrected chi connectivity index (χ3v) is 5.32. The van der Waals surface area contributed by atoms with E-state index in [4.69, 9.17) is 9.47 Å². The van der Waals surface area contributed by atoms with E-state index in [1.165, 1.54) is 0 Å². The number of aryl methyl sites for hydroxylation is 1. The first-order valence-electron chi connectivity index (χ1n) is 11.4. The Morgan fingerprint density at radius 3 is 2.69 bits per heavy atom. The molecule has 1 aliphatic heterocycles. The smallest absolute Gasteiger partial charge is 0.273 e. The maximum Gasteiger partial charge on any atom is 0.273 e. The van der Waals surface area contributed by atoms with Crippen LogP contribution in [0.5, 0.6) is 5.75 Å². The topological polar surface area (TPSA) is 109 Å². The Morgan fingerprint density at radius 1 is 1.19 bits per heavy atom. The molecule has 3 rings (SSSR count). The molecule has 1 aromatic carbocycles. The number of hydrogen-bond acceptors (Lipinski definition) is 7. The van der Waals surface area contributed by atoms with Crippen molar-refractivity contribution in [2.45, 2.75) is 39.0 Å². The Hall–Kier alpha value is -2.78. The second-order valence-electron chi connectivity index (χ2n) is 7.83. The van der Waals surface area contributed by atoms with Crippen molar-refractivity contribution in [3.8, 4) is 17.1 Å². The molecule has 2 heterocycles. The van der Waals surface area contributed by atoms with Crippen molar-refractivity contribution in [1.29, 1.82) is 0 Å². The molecule has 0 spiro atoms. The SMILES string of the molecule is CCCCOc1ccc(-c2nnc(CCC(=O)NCCCN3CCOCC3)c(=O)[nH]2)cc1. The van der Waals surface area contributed by atoms with Crippen LogP contribution in [0, 0.1) is 0 Å². The minimum Gasteiger partial charge on any atom is -0.494 e. The highest BCUT2D eigenvalue weighted by Crippen LogP contribution is 2.18. The minimum absolute atomic E-state index is 0.0871. The predicted octanol–water partition coefficient (Wildman–Crippen LogP) is 1.78. The number of unbranched alkanes of at least 4 members (excludes halogenated alkanes) is 1. The van der Waals surface area contributed by atoms with E-state index in [2.05, 4.69) is 32.3 Å². The van der Waals surface area contributed by atoms with Crippen LogP contribution in [-0.4, -0.2) is 72.0 Å². The maximum atomic E-state index is 12.4. The van der Waals surface area contributed by atoms with E-state index in [-0.39, 0.29) is 30.0 Å². The molecule has 1 fully saturated rings. The molecule has 0 atom stereocenters. The number of morpholine rings is 1. The molecule has 9 nitrogen and oxygen atoms in total. The lowest BCUT2D eigenvalue weighted by Gasteiger charge is -2.26. The molecular weight excluding hydrogens is 410 g/mol. The average Bonchev–Trinajstić information content (AvgIpc) is 2.82. The van der Waals surface area contributed by atoms with E-state index in [1.54, 1.807) is 0 Å². The molecule has 0 bridgehead atoms. The number of nitrogens with one attached hydrogen (secondary N) is 2. The van der Waals surface area contributed by atoms with Crippen LogP contribution in [0.1, 0.15) is 38.3 Å². The molecule has 174 valence electrons. The van der Waals surface area contributed by atoms with Gasteiger partial charge in [0, 0.05) is 38.0 Å². The van der Waals surface area contributed by atoms with Crippen LogP contribution in [0.4, 0.5) is 0 Å². The van der Waals surface area contributed by atoms with Crippen molar-refractivity contribution in [2.75, 3.05) is 46.0 Å². The maximum absolute atomic E-state index is 12.4. The summed E-state index contributed by atoms with van der Waals surface area (Å²) in [4.78, 5) is 29.5. The Labute approximate surface area is 188 Å². The molecule has 32 heavy (non-hydrogen) atoms. The zero-order valence-corrected chi connectivity index (χ0v) is 18.8. The second-order valence-corrected chi connectivity index (χ2v) is 7.83. The standard InChI is InChI=1S/C23H33N5O4/c1-2-3-15-32-19-7-5-18(6-8-19)22-25-23(30)20(26-27-22)9-10-21(29)24-11-4-12-28-13-16-31-17-14-28/h5-8H,2-4,9-17H2,1H3,(H,24,29)(H,25,27,30). The molecule has 0 unspecified atom stereocenters. The first kappa shape index (κ1) is 23.9. The van der Waals surface area contributed by atoms with Crippen molar-refractivity contribution in [2.24, 2.45) is 0 Å². The summed E-state index contributed by atoms with van der Waals surface area (Å²) < 4.78 is 11.0. The second kappa shape index (κ2) is 12.9. The third kappa shape index (κ3) is 7.72. The summed E-state index contributed by atoms with van der Waals surface area (Å²) in [5.74, 6) is 1.09. The van der Waals surface area contributed by atoms with Crippen LogP contribution in [0.3, 0.4) is 0 Å². The van der Waals surface area contributed by atoms with Gasteiger partial charge in [0.1, 0.15) is 11.4 Å². The third-order valence-electron chi connectivity index (χ3n) is 5.32. The molecule has 9 heteroatoms. The van der Waals surface area contributed by atoms with Crippen LogP contribution < -0.4 is 15.6 Å². The van der Waals surface area contributed by atoms with Crippen LogP contribution in [0.2, 0.25) is 0 Å². The van der Waals surface area contributed by atoms with Gasteiger partial charge >= 0.3 is 0 Å². The molecular formula is C23H33N5O4. The number of H-pyrrole nitrogens is 1. The van der Waals surface area contributed by atoms with Gasteiger partial charge in [-0.25, -0.2) is 0 Å². The van der Waals surface area contributed by atoms with Crippen molar-refractivity contribution in [3.63, 3.8) is 0 Å². The van der Waals surface area contributed by atoms with Gasteiger partial charge in [0.2, 0.25) is 5.91 Å². The summed E-state index contributed by atoms with van der Waals surface area (Å²) in [7, 11) is 0. The van der Waals surface area contributed by atoms with Crippen LogP contribution in [0.25, 0.3) is 11.4 Å². The lowest BCUT2D eigenvalue weighted by molar-refractivity contribution is -0.121. The van der Waals surface area contributed by atoms with Crippen molar-refractivity contribution in [1.82, 2.24) is 25.4 Å². The number of carbonyl (C=O) groups is 1. The predicted molar refractivity (Wildman–Crippen MR) is 122 cm³/mol. The highest BCUT2D eigenvalue weighted by molar-refractivity contribution is 5.76. The number of carbonyl (C=O) groups excluding carboxylic acids is 1. The van der Waals surface area contributed by atoms with Gasteiger partial charge in [0.05, 0.1) is 19.8 Å². The van der Waals surface area contributed by atoms with E-state index in [9.17, 15) is 9.59 Å². The molecule has 1 amide bonds. The summed E-state index contributed by atoms with van der Waals surface area (Å²) in [5.41, 5.74) is 0.692. The van der Waals surface area contributed by atoms with E-state index in [0.29, 0.717) is 19.0 Å². The molecule has 2 aromatic rings. The fourth-order valence-corrected chi connectivity index (χ4v) is 3.37. The Bertz CT molecular complexity index is 894. The number of amides is 1. The van der Waals surface area contributed by atoms with Gasteiger partial charge in [-0.1, -0.05) is 13.3 Å². The molecule has 1 aromatic heterocycles. The van der Waals surface area contributed by atoms with Gasteiger partial charge in [-0.3, -0.25) is 14.5 Å². The number of nitrogens with zero attached hydrogens (tertiary/aromatic N) is 3. The first-order valence-corrected chi connectivity index (χ1v) is 11.4. The summed E-state index contributed by atoms with van der Waals surface area (Å²) in [6, 6.07) is 7.38. The van der Waals surface area contributed by atoms with E-state index in [1.807, 2.05) is 24.3 Å². The molecule has 1 saturated heterocycles. The van der Waals surface area contributed by atoms with E-state index in [0.717, 1.165) is 63.4 Å². The number of hydrogen-bond donors (Lipinski definition) is 2. The Balaban J connectivity index is 1.41. The van der Waals surface area contributed by atoms with Crippen LogP contribution in [-0.2, 0) is 16.0 Å². The molecule has 0 radical (unpaired) electrons. The summed E-state index contributed by atoms with van der Waals surface area (Å²) >= 11 is 0. The number of aromatic nitrogens is 3. The number of benzene rings is 1. The Kier molecular flexibility index (Phi) is 9.64. The minimum atomic E-state index is -0.321. The van der Waals surface area contributed by atoms with Gasteiger partial charge in [0.25, 0.3) is 5.56 Å². The lowest BCUT2D eigenvalue weighted by atomic mass is 10.2. The normalized spacial score (nSPS) is 14.3. The van der Waals surface area contributed by atoms with Crippen molar-refractivity contribution < 1.29 is 14.3 Å². The molecule has 1 aliphatic rings. The van der Waals surface area contributed by atoms with E-state index < -0.39 is 0 Å². The van der Waals surface area contributed by atoms with Gasteiger partial charge in [0.15, 0.2) is 5.82 Å². The number of ether oxygens (including phenoxy) is 2. The zero-order valence-electron chi connectivity index (χ0n) is 18.8. The molecule has 0 aliphatic carbocycles. The summed E-state index contributed by atoms with van der Waals surface area (Å²) in [5, 5.41) is 11.1. The van der Waals surface area contributed by atoms with Crippen LogP contribution >= 0.6 is 0 Å². The number of aromatic amines is 1. The average molecular weight is 444 g/mol. The van der Waals surface area contributed by atoms with Crippen LogP contribution in [0.15, 0.2) is 29.1 Å². The molecule has 2 N–H and O–H groups in total. The first-order chi connectivity index (χ1) is 15.7. The van der Waals surface area contributed by atoms with Gasteiger partial charge in [-0.15, -0.1) is 10.2 Å². The van der Waals surface area contributed by atoms with Gasteiger partial charge in [-0.05, 0) is 43.7 Å².